The number of aryl methyl sites for hydroxylation is 3. The van der Waals surface area contributed by atoms with Gasteiger partial charge in [-0.2, -0.15) is 13.2 Å². The summed E-state index contributed by atoms with van der Waals surface area (Å²) in [6, 6.07) is 2.89. The molecule has 2 aliphatic heterocycles. The lowest BCUT2D eigenvalue weighted by Crippen LogP contribution is -2.50. The Kier molecular flexibility index (Phi) is 5.42. The average Bonchev–Trinajstić information content (AvgIpc) is 3.10. The second-order valence-electron chi connectivity index (χ2n) is 8.86. The Morgan fingerprint density at radius 3 is 2.62 bits per heavy atom. The second-order valence-corrected chi connectivity index (χ2v) is 9.24. The number of aromatic nitrogens is 3. The molecule has 0 aliphatic carbocycles. The maximum atomic E-state index is 13.6. The number of benzene rings is 1. The zero-order valence-electron chi connectivity index (χ0n) is 18.8. The Balaban J connectivity index is 1.62. The van der Waals surface area contributed by atoms with E-state index < -0.39 is 22.7 Å². The maximum absolute atomic E-state index is 13.6. The van der Waals surface area contributed by atoms with Gasteiger partial charge in [0.25, 0.3) is 5.91 Å². The molecule has 1 saturated heterocycles. The van der Waals surface area contributed by atoms with Crippen molar-refractivity contribution in [1.29, 1.82) is 0 Å². The molecule has 34 heavy (non-hydrogen) atoms. The molecule has 6 nitrogen and oxygen atoms in total. The standard InChI is InChI=1S/C24H22ClF3N4O2/c1-11-19(12(2)34-31-11)22-16-10-14-6-4-9-18(21(16)29-13(3)30-22)32(14)23(33)15-7-5-8-17(20(15)25)24(26,27)28/h5,7-8,14,18H,4,6,9-10H2,1-3H3. The number of nitrogens with zero attached hydrogens (tertiary/aromatic N) is 4. The van der Waals surface area contributed by atoms with Crippen LogP contribution < -0.4 is 0 Å². The summed E-state index contributed by atoms with van der Waals surface area (Å²) >= 11 is 6.11. The summed E-state index contributed by atoms with van der Waals surface area (Å²) in [7, 11) is 0. The van der Waals surface area contributed by atoms with E-state index in [1.54, 1.807) is 11.8 Å². The van der Waals surface area contributed by atoms with Crippen LogP contribution in [-0.4, -0.2) is 32.0 Å². The number of piperidine rings is 1. The number of carbonyl (C=O) groups is 1. The van der Waals surface area contributed by atoms with E-state index >= 15 is 0 Å². The fourth-order valence-corrected chi connectivity index (χ4v) is 5.58. The molecule has 2 bridgehead atoms. The summed E-state index contributed by atoms with van der Waals surface area (Å²) in [6.07, 6.45) is -1.88. The first-order valence-corrected chi connectivity index (χ1v) is 11.4. The maximum Gasteiger partial charge on any atom is 0.417 e. The third kappa shape index (κ3) is 3.57. The van der Waals surface area contributed by atoms with Gasteiger partial charge in [-0.15, -0.1) is 0 Å². The third-order valence-corrected chi connectivity index (χ3v) is 7.10. The molecule has 2 aliphatic rings. The lowest BCUT2D eigenvalue weighted by molar-refractivity contribution is -0.137. The van der Waals surface area contributed by atoms with Crippen molar-refractivity contribution in [3.63, 3.8) is 0 Å². The molecule has 0 saturated carbocycles. The van der Waals surface area contributed by atoms with Gasteiger partial charge in [0.05, 0.1) is 44.8 Å². The van der Waals surface area contributed by atoms with Crippen molar-refractivity contribution in [1.82, 2.24) is 20.0 Å². The molecule has 0 N–H and O–H groups in total. The van der Waals surface area contributed by atoms with Crippen LogP contribution in [0.5, 0.6) is 0 Å². The number of rotatable bonds is 2. The van der Waals surface area contributed by atoms with Gasteiger partial charge in [0.1, 0.15) is 11.6 Å². The summed E-state index contributed by atoms with van der Waals surface area (Å²) in [4.78, 5) is 24.7. The fraction of sp³-hybridized carbons (Fsp3) is 0.417. The fourth-order valence-electron chi connectivity index (χ4n) is 5.27. The van der Waals surface area contributed by atoms with E-state index in [0.717, 1.165) is 47.1 Å². The molecule has 178 valence electrons. The van der Waals surface area contributed by atoms with E-state index in [1.165, 1.54) is 12.1 Å². The van der Waals surface area contributed by atoms with Gasteiger partial charge < -0.3 is 9.42 Å². The van der Waals surface area contributed by atoms with Crippen molar-refractivity contribution in [2.75, 3.05) is 0 Å². The van der Waals surface area contributed by atoms with Crippen LogP contribution in [0.1, 0.15) is 69.8 Å². The van der Waals surface area contributed by atoms with Gasteiger partial charge in [-0.1, -0.05) is 22.8 Å². The molecule has 0 spiro atoms. The Morgan fingerprint density at radius 2 is 1.94 bits per heavy atom. The largest absolute Gasteiger partial charge is 0.417 e. The number of hydrogen-bond acceptors (Lipinski definition) is 5. The highest BCUT2D eigenvalue weighted by molar-refractivity contribution is 6.34. The molecule has 5 rings (SSSR count). The molecule has 1 aromatic carbocycles. The summed E-state index contributed by atoms with van der Waals surface area (Å²) < 4.78 is 45.6. The smallest absolute Gasteiger partial charge is 0.361 e. The van der Waals surface area contributed by atoms with Crippen LogP contribution in [0.25, 0.3) is 11.3 Å². The van der Waals surface area contributed by atoms with Crippen molar-refractivity contribution in [3.05, 3.63) is 62.9 Å². The summed E-state index contributed by atoms with van der Waals surface area (Å²) in [5.74, 6) is 0.686. The molecular formula is C24H22ClF3N4O2. The molecule has 10 heteroatoms. The number of carbonyl (C=O) groups excluding carboxylic acids is 1. The first kappa shape index (κ1) is 22.8. The van der Waals surface area contributed by atoms with Crippen LogP contribution >= 0.6 is 11.6 Å². The third-order valence-electron chi connectivity index (χ3n) is 6.69. The Labute approximate surface area is 199 Å². The lowest BCUT2D eigenvalue weighted by atomic mass is 9.80. The van der Waals surface area contributed by atoms with Crippen molar-refractivity contribution in [3.8, 4) is 11.3 Å². The topological polar surface area (TPSA) is 72.1 Å². The van der Waals surface area contributed by atoms with E-state index in [-0.39, 0.29) is 17.6 Å². The quantitative estimate of drug-likeness (QED) is 0.439. The molecule has 2 aromatic heterocycles. The van der Waals surface area contributed by atoms with Crippen LogP contribution in [0.2, 0.25) is 5.02 Å². The van der Waals surface area contributed by atoms with Gasteiger partial charge in [0.2, 0.25) is 0 Å². The number of hydrogen-bond donors (Lipinski definition) is 0. The summed E-state index contributed by atoms with van der Waals surface area (Å²) in [6.45, 7) is 5.46. The van der Waals surface area contributed by atoms with Gasteiger partial charge in [-0.3, -0.25) is 4.79 Å². The van der Waals surface area contributed by atoms with E-state index in [4.69, 9.17) is 26.1 Å². The van der Waals surface area contributed by atoms with Crippen molar-refractivity contribution < 1.29 is 22.5 Å². The van der Waals surface area contributed by atoms with Crippen molar-refractivity contribution in [2.45, 2.75) is 64.7 Å². The van der Waals surface area contributed by atoms with Crippen LogP contribution in [0, 0.1) is 20.8 Å². The highest BCUT2D eigenvalue weighted by Crippen LogP contribution is 2.46. The Morgan fingerprint density at radius 1 is 1.18 bits per heavy atom. The molecule has 1 amide bonds. The monoisotopic (exact) mass is 490 g/mol. The first-order chi connectivity index (χ1) is 16.1. The highest BCUT2D eigenvalue weighted by atomic mass is 35.5. The van der Waals surface area contributed by atoms with E-state index in [2.05, 4.69) is 5.16 Å². The first-order valence-electron chi connectivity index (χ1n) is 11.1. The lowest BCUT2D eigenvalue weighted by Gasteiger charge is -2.46. The zero-order valence-corrected chi connectivity index (χ0v) is 19.6. The normalized spacial score (nSPS) is 19.8. The number of halogens is 4. The van der Waals surface area contributed by atoms with E-state index in [0.29, 0.717) is 24.4 Å². The minimum Gasteiger partial charge on any atom is -0.361 e. The predicted octanol–water partition coefficient (Wildman–Crippen LogP) is 6.02. The molecule has 0 radical (unpaired) electrons. The van der Waals surface area contributed by atoms with Gasteiger partial charge in [-0.25, -0.2) is 9.97 Å². The van der Waals surface area contributed by atoms with E-state index in [1.807, 2.05) is 13.8 Å². The van der Waals surface area contributed by atoms with Crippen LogP contribution in [0.15, 0.2) is 22.7 Å². The van der Waals surface area contributed by atoms with Crippen LogP contribution in [0.3, 0.4) is 0 Å². The molecule has 2 atom stereocenters. The average molecular weight is 491 g/mol. The molecular weight excluding hydrogens is 469 g/mol. The van der Waals surface area contributed by atoms with Crippen molar-refractivity contribution in [2.24, 2.45) is 0 Å². The predicted molar refractivity (Wildman–Crippen MR) is 118 cm³/mol. The minimum absolute atomic E-state index is 0.145. The number of fused-ring (bicyclic) bond motifs is 4. The van der Waals surface area contributed by atoms with Gasteiger partial charge in [-0.05, 0) is 58.6 Å². The summed E-state index contributed by atoms with van der Waals surface area (Å²) in [5, 5.41) is 3.49. The minimum atomic E-state index is -4.65. The van der Waals surface area contributed by atoms with Gasteiger partial charge in [0.15, 0.2) is 0 Å². The Hall–Kier alpha value is -2.94. The Bertz CT molecular complexity index is 1280. The zero-order chi connectivity index (χ0) is 24.4. The second kappa shape index (κ2) is 8.08. The van der Waals surface area contributed by atoms with Crippen LogP contribution in [0.4, 0.5) is 13.2 Å². The highest BCUT2D eigenvalue weighted by Gasteiger charge is 2.44. The van der Waals surface area contributed by atoms with Gasteiger partial charge >= 0.3 is 6.18 Å². The van der Waals surface area contributed by atoms with Gasteiger partial charge in [0, 0.05) is 11.6 Å². The molecule has 1 fully saturated rings. The molecule has 2 unspecified atom stereocenters. The number of alkyl halides is 3. The van der Waals surface area contributed by atoms with Crippen molar-refractivity contribution >= 4 is 17.5 Å². The molecule has 4 heterocycles. The van der Waals surface area contributed by atoms with Crippen LogP contribution in [-0.2, 0) is 12.6 Å². The molecule has 3 aromatic rings. The number of amides is 1. The van der Waals surface area contributed by atoms with E-state index in [9.17, 15) is 18.0 Å². The summed E-state index contributed by atoms with van der Waals surface area (Å²) in [5.41, 5.74) is 2.80. The SMILES string of the molecule is Cc1nc(-c2c(C)noc2C)c2c(n1)C1CCCC(C2)N1C(=O)c1cccc(C(F)(F)F)c1Cl.